The number of hydrogen-bond acceptors (Lipinski definition) is 3. The predicted octanol–water partition coefficient (Wildman–Crippen LogP) is 1.70. The molecule has 0 aromatic heterocycles. The molecule has 2 atom stereocenters. The quantitative estimate of drug-likeness (QED) is 0.654. The van der Waals surface area contributed by atoms with Crippen LogP contribution in [0, 0.1) is 10.8 Å². The molecule has 0 aromatic rings. The third-order valence-corrected chi connectivity index (χ3v) is 4.53. The van der Waals surface area contributed by atoms with Crippen molar-refractivity contribution in [1.29, 1.82) is 0 Å². The maximum Gasteiger partial charge on any atom is 0.326 e. The number of esters is 1. The maximum atomic E-state index is 11.6. The first-order valence-electron chi connectivity index (χ1n) is 5.15. The van der Waals surface area contributed by atoms with Crippen LogP contribution in [0.15, 0.2) is 0 Å². The molecule has 0 spiro atoms. The molecule has 1 aliphatic heterocycles. The van der Waals surface area contributed by atoms with Crippen molar-refractivity contribution in [2.24, 2.45) is 16.6 Å². The highest BCUT2D eigenvalue weighted by Crippen LogP contribution is 2.51. The van der Waals surface area contributed by atoms with Crippen molar-refractivity contribution < 1.29 is 9.53 Å². The lowest BCUT2D eigenvalue weighted by Gasteiger charge is -2.54. The zero-order valence-electron chi connectivity index (χ0n) is 9.81. The Bertz CT molecular complexity index is 258. The lowest BCUT2D eigenvalue weighted by atomic mass is 9.55. The van der Waals surface area contributed by atoms with Gasteiger partial charge in [-0.1, -0.05) is 27.7 Å². The van der Waals surface area contributed by atoms with Crippen LogP contribution in [-0.4, -0.2) is 18.1 Å². The normalized spacial score (nSPS) is 42.0. The molecule has 1 saturated heterocycles. The average Bonchev–Trinajstić information content (AvgIpc) is 2.10. The van der Waals surface area contributed by atoms with Crippen molar-refractivity contribution in [3.8, 4) is 0 Å². The minimum atomic E-state index is -0.893. The molecule has 0 radical (unpaired) electrons. The van der Waals surface area contributed by atoms with Gasteiger partial charge >= 0.3 is 5.97 Å². The fourth-order valence-electron chi connectivity index (χ4n) is 1.98. The van der Waals surface area contributed by atoms with E-state index in [9.17, 15) is 4.79 Å². The molecule has 0 aliphatic carbocycles. The second-order valence-corrected chi connectivity index (χ2v) is 5.32. The summed E-state index contributed by atoms with van der Waals surface area (Å²) in [6, 6.07) is 0. The lowest BCUT2D eigenvalue weighted by Crippen LogP contribution is -2.67. The fourth-order valence-corrected chi connectivity index (χ4v) is 1.98. The van der Waals surface area contributed by atoms with Crippen LogP contribution in [0.3, 0.4) is 0 Å². The summed E-state index contributed by atoms with van der Waals surface area (Å²) >= 11 is 0. The van der Waals surface area contributed by atoms with Crippen molar-refractivity contribution in [2.45, 2.75) is 46.6 Å². The monoisotopic (exact) mass is 199 g/mol. The van der Waals surface area contributed by atoms with E-state index in [0.29, 0.717) is 6.61 Å². The molecule has 0 bridgehead atoms. The van der Waals surface area contributed by atoms with E-state index in [1.54, 1.807) is 6.92 Å². The number of carbonyl (C=O) groups is 1. The number of ether oxygens (including phenoxy) is 1. The summed E-state index contributed by atoms with van der Waals surface area (Å²) in [5.41, 5.74) is 4.90. The Morgan fingerprint density at radius 3 is 2.29 bits per heavy atom. The van der Waals surface area contributed by atoms with Crippen LogP contribution in [0.4, 0.5) is 0 Å². The molecule has 1 rings (SSSR count). The van der Waals surface area contributed by atoms with E-state index >= 15 is 0 Å². The number of rotatable bonds is 1. The third-order valence-electron chi connectivity index (χ3n) is 4.53. The summed E-state index contributed by atoms with van der Waals surface area (Å²) in [4.78, 5) is 11.6. The van der Waals surface area contributed by atoms with Crippen LogP contribution in [-0.2, 0) is 9.53 Å². The molecule has 2 unspecified atom stereocenters. The molecule has 82 valence electrons. The van der Waals surface area contributed by atoms with Crippen molar-refractivity contribution in [2.75, 3.05) is 6.61 Å². The Balaban J connectivity index is 3.16. The molecule has 3 nitrogen and oxygen atoms in total. The van der Waals surface area contributed by atoms with Crippen LogP contribution in [0.2, 0.25) is 0 Å². The molecule has 0 amide bonds. The van der Waals surface area contributed by atoms with Gasteiger partial charge in [-0.2, -0.15) is 0 Å². The number of carbonyl (C=O) groups excluding carboxylic acids is 1. The van der Waals surface area contributed by atoms with E-state index in [-0.39, 0.29) is 16.8 Å². The molecule has 2 N–H and O–H groups in total. The van der Waals surface area contributed by atoms with E-state index in [1.165, 1.54) is 0 Å². The smallest absolute Gasteiger partial charge is 0.326 e. The molecule has 0 aromatic carbocycles. The largest absolute Gasteiger partial charge is 0.464 e. The van der Waals surface area contributed by atoms with Gasteiger partial charge in [0.05, 0.1) is 6.61 Å². The van der Waals surface area contributed by atoms with Gasteiger partial charge in [0, 0.05) is 10.8 Å². The van der Waals surface area contributed by atoms with Crippen molar-refractivity contribution in [3.63, 3.8) is 0 Å². The third kappa shape index (κ3) is 1.18. The first kappa shape index (κ1) is 11.5. The van der Waals surface area contributed by atoms with Gasteiger partial charge in [0.15, 0.2) is 0 Å². The standard InChI is InChI=1S/C11H21NO2/c1-6-10(4)7-14-8(13)11(5,12)9(10,2)3/h6-7,12H2,1-5H3. The molecule has 1 aliphatic rings. The summed E-state index contributed by atoms with van der Waals surface area (Å²) in [6.07, 6.45) is 0.958. The highest BCUT2D eigenvalue weighted by Gasteiger charge is 2.58. The molecule has 3 heteroatoms. The topological polar surface area (TPSA) is 52.3 Å². The van der Waals surface area contributed by atoms with Gasteiger partial charge < -0.3 is 10.5 Å². The molecule has 1 heterocycles. The number of hydrogen-bond donors (Lipinski definition) is 1. The number of nitrogens with two attached hydrogens (primary N) is 1. The van der Waals surface area contributed by atoms with Crippen LogP contribution in [0.5, 0.6) is 0 Å². The summed E-state index contributed by atoms with van der Waals surface area (Å²) in [5, 5.41) is 0. The highest BCUT2D eigenvalue weighted by molar-refractivity contribution is 5.82. The SMILES string of the molecule is CCC1(C)COC(=O)C(C)(N)C1(C)C. The van der Waals surface area contributed by atoms with Crippen LogP contribution in [0.1, 0.15) is 41.0 Å². The predicted molar refractivity (Wildman–Crippen MR) is 55.7 cm³/mol. The van der Waals surface area contributed by atoms with E-state index in [4.69, 9.17) is 10.5 Å². The molecular formula is C11H21NO2. The first-order chi connectivity index (χ1) is 6.19. The molecular weight excluding hydrogens is 178 g/mol. The minimum absolute atomic E-state index is 0.0373. The Labute approximate surface area is 86.0 Å². The molecule has 0 saturated carbocycles. The number of cyclic esters (lactones) is 1. The second kappa shape index (κ2) is 2.96. The highest BCUT2D eigenvalue weighted by atomic mass is 16.5. The first-order valence-corrected chi connectivity index (χ1v) is 5.15. The second-order valence-electron chi connectivity index (χ2n) is 5.32. The zero-order valence-corrected chi connectivity index (χ0v) is 9.81. The summed E-state index contributed by atoms with van der Waals surface area (Å²) in [7, 11) is 0. The van der Waals surface area contributed by atoms with Gasteiger partial charge in [-0.05, 0) is 13.3 Å². The van der Waals surface area contributed by atoms with E-state index in [0.717, 1.165) is 6.42 Å². The fraction of sp³-hybridized carbons (Fsp3) is 0.909. The Morgan fingerprint density at radius 2 is 1.86 bits per heavy atom. The summed E-state index contributed by atoms with van der Waals surface area (Å²) < 4.78 is 5.17. The zero-order chi connectivity index (χ0) is 11.2. The molecule has 1 fully saturated rings. The van der Waals surface area contributed by atoms with E-state index in [1.807, 2.05) is 0 Å². The Morgan fingerprint density at radius 1 is 1.36 bits per heavy atom. The van der Waals surface area contributed by atoms with Crippen LogP contribution in [0.25, 0.3) is 0 Å². The van der Waals surface area contributed by atoms with E-state index < -0.39 is 5.54 Å². The Kier molecular flexibility index (Phi) is 2.43. The van der Waals surface area contributed by atoms with Crippen LogP contribution < -0.4 is 5.73 Å². The lowest BCUT2D eigenvalue weighted by molar-refractivity contribution is -0.183. The molecule has 14 heavy (non-hydrogen) atoms. The average molecular weight is 199 g/mol. The van der Waals surface area contributed by atoms with Gasteiger partial charge in [-0.15, -0.1) is 0 Å². The summed E-state index contributed by atoms with van der Waals surface area (Å²) in [5.74, 6) is -0.284. The summed E-state index contributed by atoms with van der Waals surface area (Å²) in [6.45, 7) is 10.6. The van der Waals surface area contributed by atoms with Crippen molar-refractivity contribution in [1.82, 2.24) is 0 Å². The minimum Gasteiger partial charge on any atom is -0.464 e. The van der Waals surface area contributed by atoms with Crippen molar-refractivity contribution >= 4 is 5.97 Å². The van der Waals surface area contributed by atoms with Crippen LogP contribution >= 0.6 is 0 Å². The maximum absolute atomic E-state index is 11.6. The van der Waals surface area contributed by atoms with Gasteiger partial charge in [-0.25, -0.2) is 0 Å². The van der Waals surface area contributed by atoms with E-state index in [2.05, 4.69) is 27.7 Å². The van der Waals surface area contributed by atoms with Gasteiger partial charge in [0.25, 0.3) is 0 Å². The Hall–Kier alpha value is -0.570. The van der Waals surface area contributed by atoms with Gasteiger partial charge in [0.2, 0.25) is 0 Å². The van der Waals surface area contributed by atoms with Crippen molar-refractivity contribution in [3.05, 3.63) is 0 Å². The van der Waals surface area contributed by atoms with Gasteiger partial charge in [0.1, 0.15) is 5.54 Å². The van der Waals surface area contributed by atoms with Gasteiger partial charge in [-0.3, -0.25) is 4.79 Å².